The molecule has 0 spiro atoms. The molecule has 0 fully saturated rings. The Morgan fingerprint density at radius 1 is 1.35 bits per heavy atom. The average molecular weight is 237 g/mol. The van der Waals surface area contributed by atoms with Crippen LogP contribution in [0.5, 0.6) is 17.2 Å². The van der Waals surface area contributed by atoms with Gasteiger partial charge >= 0.3 is 0 Å². The summed E-state index contributed by atoms with van der Waals surface area (Å²) in [7, 11) is 1.64. The predicted molar refractivity (Wildman–Crippen MR) is 66.0 cm³/mol. The first-order valence-corrected chi connectivity index (χ1v) is 5.93. The maximum Gasteiger partial charge on any atom is 0.203 e. The fraction of sp³-hybridized carbons (Fsp3) is 0.538. The third-order valence-corrected chi connectivity index (χ3v) is 2.78. The number of aryl methyl sites for hydroxylation is 1. The van der Waals surface area contributed by atoms with E-state index >= 15 is 0 Å². The molecule has 4 nitrogen and oxygen atoms in total. The van der Waals surface area contributed by atoms with E-state index in [1.165, 1.54) is 5.56 Å². The van der Waals surface area contributed by atoms with Gasteiger partial charge in [-0.05, 0) is 37.5 Å². The van der Waals surface area contributed by atoms with E-state index < -0.39 is 0 Å². The second kappa shape index (κ2) is 5.27. The highest BCUT2D eigenvalue weighted by Crippen LogP contribution is 2.40. The van der Waals surface area contributed by atoms with E-state index in [4.69, 9.17) is 19.9 Å². The summed E-state index contributed by atoms with van der Waals surface area (Å²) in [5.74, 6) is 2.22. The van der Waals surface area contributed by atoms with E-state index in [9.17, 15) is 0 Å². The van der Waals surface area contributed by atoms with Gasteiger partial charge in [-0.15, -0.1) is 0 Å². The molecule has 1 aliphatic rings. The molecule has 17 heavy (non-hydrogen) atoms. The van der Waals surface area contributed by atoms with Crippen molar-refractivity contribution in [2.24, 2.45) is 5.73 Å². The fourth-order valence-electron chi connectivity index (χ4n) is 1.87. The summed E-state index contributed by atoms with van der Waals surface area (Å²) < 4.78 is 16.5. The van der Waals surface area contributed by atoms with Crippen LogP contribution < -0.4 is 19.9 Å². The molecule has 0 unspecified atom stereocenters. The average Bonchev–Trinajstić information content (AvgIpc) is 2.35. The molecule has 0 aliphatic carbocycles. The van der Waals surface area contributed by atoms with Crippen molar-refractivity contribution in [2.45, 2.75) is 25.8 Å². The van der Waals surface area contributed by atoms with Gasteiger partial charge in [0.1, 0.15) is 13.2 Å². The largest absolute Gasteiger partial charge is 0.493 e. The molecule has 1 aromatic carbocycles. The Morgan fingerprint density at radius 3 is 2.82 bits per heavy atom. The predicted octanol–water partition coefficient (Wildman–Crippen LogP) is 1.75. The van der Waals surface area contributed by atoms with Crippen molar-refractivity contribution < 1.29 is 14.2 Å². The summed E-state index contributed by atoms with van der Waals surface area (Å²) >= 11 is 0. The lowest BCUT2D eigenvalue weighted by molar-refractivity contribution is 0.165. The van der Waals surface area contributed by atoms with Crippen molar-refractivity contribution >= 4 is 0 Å². The monoisotopic (exact) mass is 237 g/mol. The zero-order valence-corrected chi connectivity index (χ0v) is 10.4. The second-order valence-corrected chi connectivity index (χ2v) is 4.34. The van der Waals surface area contributed by atoms with Gasteiger partial charge in [-0.2, -0.15) is 0 Å². The number of fused-ring (bicyclic) bond motifs is 1. The van der Waals surface area contributed by atoms with Crippen molar-refractivity contribution in [3.8, 4) is 17.2 Å². The Bertz CT molecular complexity index is 373. The van der Waals surface area contributed by atoms with Crippen molar-refractivity contribution in [3.63, 3.8) is 0 Å². The third-order valence-electron chi connectivity index (χ3n) is 2.78. The Kier molecular flexibility index (Phi) is 3.74. The standard InChI is InChI=1S/C13H19NO3/c1-9(14)3-4-10-7-11(15-2)13-12(8-10)16-5-6-17-13/h7-9H,3-6,14H2,1-2H3/t9-/m0/s1. The van der Waals surface area contributed by atoms with Crippen LogP contribution in [0.4, 0.5) is 0 Å². The molecule has 0 saturated heterocycles. The summed E-state index contributed by atoms with van der Waals surface area (Å²) in [6.45, 7) is 3.17. The Morgan fingerprint density at radius 2 is 2.12 bits per heavy atom. The number of hydrogen-bond donors (Lipinski definition) is 1. The summed E-state index contributed by atoms with van der Waals surface area (Å²) in [6, 6.07) is 4.21. The van der Waals surface area contributed by atoms with Gasteiger partial charge in [-0.1, -0.05) is 0 Å². The van der Waals surface area contributed by atoms with E-state index in [2.05, 4.69) is 0 Å². The summed E-state index contributed by atoms with van der Waals surface area (Å²) in [6.07, 6.45) is 1.87. The van der Waals surface area contributed by atoms with Gasteiger partial charge in [-0.25, -0.2) is 0 Å². The topological polar surface area (TPSA) is 53.7 Å². The number of ether oxygens (including phenoxy) is 3. The normalized spacial score (nSPS) is 15.5. The highest BCUT2D eigenvalue weighted by atomic mass is 16.6. The van der Waals surface area contributed by atoms with Crippen LogP contribution >= 0.6 is 0 Å². The minimum absolute atomic E-state index is 0.203. The quantitative estimate of drug-likeness (QED) is 0.866. The summed E-state index contributed by atoms with van der Waals surface area (Å²) in [4.78, 5) is 0. The molecular weight excluding hydrogens is 218 g/mol. The number of nitrogens with two attached hydrogens (primary N) is 1. The van der Waals surface area contributed by atoms with Crippen LogP contribution in [0.2, 0.25) is 0 Å². The molecule has 2 N–H and O–H groups in total. The minimum Gasteiger partial charge on any atom is -0.493 e. The van der Waals surface area contributed by atoms with Crippen LogP contribution in [0, 0.1) is 0 Å². The van der Waals surface area contributed by atoms with E-state index in [0.717, 1.165) is 24.3 Å². The lowest BCUT2D eigenvalue weighted by Gasteiger charge is -2.21. The highest BCUT2D eigenvalue weighted by Gasteiger charge is 2.18. The van der Waals surface area contributed by atoms with Crippen LogP contribution in [-0.2, 0) is 6.42 Å². The smallest absolute Gasteiger partial charge is 0.203 e. The van der Waals surface area contributed by atoms with Crippen molar-refractivity contribution in [1.82, 2.24) is 0 Å². The molecular formula is C13H19NO3. The minimum atomic E-state index is 0.203. The Hall–Kier alpha value is -1.42. The first-order valence-electron chi connectivity index (χ1n) is 5.93. The first kappa shape index (κ1) is 12.0. The molecule has 1 aliphatic heterocycles. The molecule has 1 atom stereocenters. The fourth-order valence-corrected chi connectivity index (χ4v) is 1.87. The first-order chi connectivity index (χ1) is 8.20. The van der Waals surface area contributed by atoms with Crippen molar-refractivity contribution in [2.75, 3.05) is 20.3 Å². The molecule has 0 saturated carbocycles. The van der Waals surface area contributed by atoms with Crippen LogP contribution in [0.15, 0.2) is 12.1 Å². The van der Waals surface area contributed by atoms with E-state index in [0.29, 0.717) is 19.0 Å². The van der Waals surface area contributed by atoms with Gasteiger partial charge in [0.25, 0.3) is 0 Å². The summed E-state index contributed by atoms with van der Waals surface area (Å²) in [5.41, 5.74) is 6.93. The molecule has 0 amide bonds. The van der Waals surface area contributed by atoms with E-state index in [1.54, 1.807) is 7.11 Å². The summed E-state index contributed by atoms with van der Waals surface area (Å²) in [5, 5.41) is 0. The van der Waals surface area contributed by atoms with Crippen LogP contribution in [0.25, 0.3) is 0 Å². The van der Waals surface area contributed by atoms with E-state index in [-0.39, 0.29) is 6.04 Å². The number of methoxy groups -OCH3 is 1. The number of hydrogen-bond acceptors (Lipinski definition) is 4. The lowest BCUT2D eigenvalue weighted by Crippen LogP contribution is -2.17. The van der Waals surface area contributed by atoms with Crippen LogP contribution in [0.1, 0.15) is 18.9 Å². The highest BCUT2D eigenvalue weighted by molar-refractivity contribution is 5.54. The van der Waals surface area contributed by atoms with Gasteiger partial charge in [-0.3, -0.25) is 0 Å². The van der Waals surface area contributed by atoms with Crippen molar-refractivity contribution in [1.29, 1.82) is 0 Å². The van der Waals surface area contributed by atoms with Crippen LogP contribution in [0.3, 0.4) is 0 Å². The molecule has 1 aromatic rings. The Balaban J connectivity index is 2.23. The van der Waals surface area contributed by atoms with Crippen LogP contribution in [-0.4, -0.2) is 26.4 Å². The van der Waals surface area contributed by atoms with Gasteiger partial charge in [0.2, 0.25) is 5.75 Å². The molecule has 0 radical (unpaired) electrons. The Labute approximate surface area is 102 Å². The molecule has 4 heteroatoms. The molecule has 0 aromatic heterocycles. The second-order valence-electron chi connectivity index (χ2n) is 4.34. The molecule has 94 valence electrons. The number of rotatable bonds is 4. The lowest BCUT2D eigenvalue weighted by atomic mass is 10.1. The third kappa shape index (κ3) is 2.82. The SMILES string of the molecule is COc1cc(CC[C@H](C)N)cc2c1OCCO2. The zero-order chi connectivity index (χ0) is 12.3. The molecule has 2 rings (SSSR count). The maximum atomic E-state index is 5.76. The van der Waals surface area contributed by atoms with Crippen molar-refractivity contribution in [3.05, 3.63) is 17.7 Å². The molecule has 0 bridgehead atoms. The molecule has 1 heterocycles. The van der Waals surface area contributed by atoms with E-state index in [1.807, 2.05) is 19.1 Å². The zero-order valence-electron chi connectivity index (χ0n) is 10.4. The van der Waals surface area contributed by atoms with Gasteiger partial charge in [0, 0.05) is 6.04 Å². The van der Waals surface area contributed by atoms with Gasteiger partial charge in [0.05, 0.1) is 7.11 Å². The van der Waals surface area contributed by atoms with Gasteiger partial charge in [0.15, 0.2) is 11.5 Å². The maximum absolute atomic E-state index is 5.76. The van der Waals surface area contributed by atoms with Gasteiger partial charge < -0.3 is 19.9 Å². The number of benzene rings is 1.